The molecule has 17 heavy (non-hydrogen) atoms. The Hall–Kier alpha value is -1.09. The lowest BCUT2D eigenvalue weighted by Gasteiger charge is -2.34. The van der Waals surface area contributed by atoms with Crippen LogP contribution in [-0.4, -0.2) is 34.3 Å². The number of hydrogen-bond donors (Lipinski definition) is 0. The first-order chi connectivity index (χ1) is 8.09. The third-order valence-corrected chi connectivity index (χ3v) is 3.96. The van der Waals surface area contributed by atoms with Crippen LogP contribution < -0.4 is 0 Å². The number of rotatable bonds is 1. The number of nitrogens with zero attached hydrogens (tertiary/aromatic N) is 2. The Bertz CT molecular complexity index is 422. The van der Waals surface area contributed by atoms with Gasteiger partial charge in [-0.15, -0.1) is 11.6 Å². The van der Waals surface area contributed by atoms with E-state index >= 15 is 0 Å². The number of alkyl halides is 1. The quantitative estimate of drug-likeness (QED) is 0.720. The van der Waals surface area contributed by atoms with Crippen LogP contribution in [0.5, 0.6) is 0 Å². The Balaban J connectivity index is 2.14. The van der Waals surface area contributed by atoms with Crippen molar-refractivity contribution in [2.45, 2.75) is 25.6 Å². The molecule has 1 fully saturated rings. The molecule has 2 heterocycles. The van der Waals surface area contributed by atoms with Crippen LogP contribution in [0.1, 0.15) is 29.4 Å². The van der Waals surface area contributed by atoms with Crippen LogP contribution in [0.3, 0.4) is 0 Å². The Morgan fingerprint density at radius 1 is 1.59 bits per heavy atom. The van der Waals surface area contributed by atoms with Gasteiger partial charge in [0, 0.05) is 25.0 Å². The predicted molar refractivity (Wildman–Crippen MR) is 68.3 cm³/mol. The van der Waals surface area contributed by atoms with E-state index in [9.17, 15) is 4.79 Å². The maximum absolute atomic E-state index is 12.3. The van der Waals surface area contributed by atoms with E-state index < -0.39 is 0 Å². The molecular weight excluding hydrogens is 236 g/mol. The summed E-state index contributed by atoms with van der Waals surface area (Å²) in [5, 5.41) is 0.0599. The van der Waals surface area contributed by atoms with E-state index in [0.29, 0.717) is 18.0 Å². The van der Waals surface area contributed by atoms with Crippen molar-refractivity contribution < 1.29 is 4.79 Å². The van der Waals surface area contributed by atoms with Gasteiger partial charge in [0.1, 0.15) is 0 Å². The molecule has 1 aliphatic rings. The van der Waals surface area contributed by atoms with E-state index in [1.165, 1.54) is 0 Å². The highest BCUT2D eigenvalue weighted by Crippen LogP contribution is 2.23. The number of pyridine rings is 1. The van der Waals surface area contributed by atoms with E-state index in [1.54, 1.807) is 12.3 Å². The minimum absolute atomic E-state index is 0.0492. The smallest absolute Gasteiger partial charge is 0.255 e. The molecule has 4 heteroatoms. The van der Waals surface area contributed by atoms with Gasteiger partial charge in [0.05, 0.1) is 10.9 Å². The molecule has 2 unspecified atom stereocenters. The van der Waals surface area contributed by atoms with Gasteiger partial charge in [-0.25, -0.2) is 0 Å². The molecule has 2 rings (SSSR count). The van der Waals surface area contributed by atoms with Gasteiger partial charge >= 0.3 is 0 Å². The van der Waals surface area contributed by atoms with Crippen LogP contribution in [0.15, 0.2) is 18.3 Å². The van der Waals surface area contributed by atoms with Crippen LogP contribution in [0, 0.1) is 12.8 Å². The molecule has 92 valence electrons. The maximum atomic E-state index is 12.3. The lowest BCUT2D eigenvalue weighted by atomic mass is 9.98. The van der Waals surface area contributed by atoms with Gasteiger partial charge in [-0.3, -0.25) is 9.78 Å². The predicted octanol–water partition coefficient (Wildman–Crippen LogP) is 2.48. The van der Waals surface area contributed by atoms with Crippen LogP contribution >= 0.6 is 11.6 Å². The van der Waals surface area contributed by atoms with Crippen LogP contribution in [0.4, 0.5) is 0 Å². The number of hydrogen-bond acceptors (Lipinski definition) is 2. The highest BCUT2D eigenvalue weighted by molar-refractivity contribution is 6.21. The van der Waals surface area contributed by atoms with Crippen molar-refractivity contribution in [3.8, 4) is 0 Å². The van der Waals surface area contributed by atoms with E-state index in [0.717, 1.165) is 18.7 Å². The van der Waals surface area contributed by atoms with Gasteiger partial charge in [0.15, 0.2) is 0 Å². The first kappa shape index (κ1) is 12.4. The number of halogens is 1. The lowest BCUT2D eigenvalue weighted by Crippen LogP contribution is -2.44. The Labute approximate surface area is 107 Å². The van der Waals surface area contributed by atoms with Crippen molar-refractivity contribution in [3.63, 3.8) is 0 Å². The first-order valence-corrected chi connectivity index (χ1v) is 6.38. The highest BCUT2D eigenvalue weighted by atomic mass is 35.5. The fraction of sp³-hybridized carbons (Fsp3) is 0.538. The van der Waals surface area contributed by atoms with Crippen molar-refractivity contribution >= 4 is 17.5 Å². The van der Waals surface area contributed by atoms with E-state index in [-0.39, 0.29) is 11.3 Å². The lowest BCUT2D eigenvalue weighted by molar-refractivity contribution is 0.0700. The second kappa shape index (κ2) is 5.05. The minimum atomic E-state index is 0.0492. The molecule has 3 nitrogen and oxygen atoms in total. The van der Waals surface area contributed by atoms with Crippen molar-refractivity contribution in [3.05, 3.63) is 29.6 Å². The molecule has 0 N–H and O–H groups in total. The molecule has 1 aliphatic heterocycles. The average molecular weight is 253 g/mol. The number of carbonyl (C=O) groups is 1. The van der Waals surface area contributed by atoms with E-state index in [4.69, 9.17) is 11.6 Å². The number of carbonyl (C=O) groups excluding carboxylic acids is 1. The van der Waals surface area contributed by atoms with Crippen LogP contribution in [-0.2, 0) is 0 Å². The molecule has 0 aliphatic carbocycles. The summed E-state index contributed by atoms with van der Waals surface area (Å²) in [5.74, 6) is 0.531. The van der Waals surface area contributed by atoms with Crippen molar-refractivity contribution in [2.75, 3.05) is 13.1 Å². The molecule has 0 bridgehead atoms. The van der Waals surface area contributed by atoms with Gasteiger partial charge in [0.25, 0.3) is 5.91 Å². The standard InChI is InChI=1S/C13H17ClN2O/c1-9-5-7-16(8-12(9)14)13(17)11-4-3-6-15-10(11)2/h3-4,6,9,12H,5,7-8H2,1-2H3. The fourth-order valence-electron chi connectivity index (χ4n) is 2.09. The molecule has 1 amide bonds. The summed E-state index contributed by atoms with van der Waals surface area (Å²) in [6.07, 6.45) is 2.67. The maximum Gasteiger partial charge on any atom is 0.255 e. The molecular formula is C13H17ClN2O. The number of piperidine rings is 1. The van der Waals surface area contributed by atoms with Crippen molar-refractivity contribution in [1.29, 1.82) is 0 Å². The average Bonchev–Trinajstić information content (AvgIpc) is 2.32. The second-order valence-electron chi connectivity index (χ2n) is 4.67. The number of likely N-dealkylation sites (tertiary alicyclic amines) is 1. The van der Waals surface area contributed by atoms with E-state index in [1.807, 2.05) is 17.9 Å². The van der Waals surface area contributed by atoms with Crippen LogP contribution in [0.2, 0.25) is 0 Å². The SMILES string of the molecule is Cc1ncccc1C(=O)N1CCC(C)C(Cl)C1. The zero-order valence-electron chi connectivity index (χ0n) is 10.2. The molecule has 1 aromatic rings. The zero-order valence-corrected chi connectivity index (χ0v) is 10.9. The van der Waals surface area contributed by atoms with E-state index in [2.05, 4.69) is 11.9 Å². The summed E-state index contributed by atoms with van der Waals surface area (Å²) in [6, 6.07) is 3.62. The Kier molecular flexibility index (Phi) is 3.67. The molecule has 0 aromatic carbocycles. The zero-order chi connectivity index (χ0) is 12.4. The molecule has 2 atom stereocenters. The van der Waals surface area contributed by atoms with Gasteiger partial charge in [-0.2, -0.15) is 0 Å². The monoisotopic (exact) mass is 252 g/mol. The van der Waals surface area contributed by atoms with Gasteiger partial charge in [-0.05, 0) is 31.4 Å². The Morgan fingerprint density at radius 2 is 2.35 bits per heavy atom. The first-order valence-electron chi connectivity index (χ1n) is 5.94. The minimum Gasteiger partial charge on any atom is -0.337 e. The second-order valence-corrected chi connectivity index (χ2v) is 5.23. The summed E-state index contributed by atoms with van der Waals surface area (Å²) in [6.45, 7) is 5.42. The summed E-state index contributed by atoms with van der Waals surface area (Å²) in [5.41, 5.74) is 1.47. The summed E-state index contributed by atoms with van der Waals surface area (Å²) in [7, 11) is 0. The summed E-state index contributed by atoms with van der Waals surface area (Å²) < 4.78 is 0. The van der Waals surface area contributed by atoms with Crippen LogP contribution in [0.25, 0.3) is 0 Å². The number of aromatic nitrogens is 1. The van der Waals surface area contributed by atoms with Crippen molar-refractivity contribution in [1.82, 2.24) is 9.88 Å². The third-order valence-electron chi connectivity index (χ3n) is 3.39. The molecule has 1 aromatic heterocycles. The van der Waals surface area contributed by atoms with Gasteiger partial charge < -0.3 is 4.90 Å². The fourth-order valence-corrected chi connectivity index (χ4v) is 2.38. The number of aryl methyl sites for hydroxylation is 1. The topological polar surface area (TPSA) is 33.2 Å². The molecule has 0 spiro atoms. The van der Waals surface area contributed by atoms with Gasteiger partial charge in [0.2, 0.25) is 0 Å². The third kappa shape index (κ3) is 2.60. The van der Waals surface area contributed by atoms with Gasteiger partial charge in [-0.1, -0.05) is 6.92 Å². The summed E-state index contributed by atoms with van der Waals surface area (Å²) in [4.78, 5) is 18.3. The molecule has 1 saturated heterocycles. The molecule has 0 radical (unpaired) electrons. The molecule has 0 saturated carbocycles. The number of amides is 1. The van der Waals surface area contributed by atoms with Crippen molar-refractivity contribution in [2.24, 2.45) is 5.92 Å². The highest BCUT2D eigenvalue weighted by Gasteiger charge is 2.28. The largest absolute Gasteiger partial charge is 0.337 e. The normalized spacial score (nSPS) is 24.8. The summed E-state index contributed by atoms with van der Waals surface area (Å²) >= 11 is 6.22. The Morgan fingerprint density at radius 3 is 3.00 bits per heavy atom.